The molecule has 0 saturated heterocycles. The molecule has 2 aromatic rings. The maximum atomic E-state index is 12.6. The molecule has 2 heterocycles. The summed E-state index contributed by atoms with van der Waals surface area (Å²) in [5.74, 6) is 0.566. The van der Waals surface area contributed by atoms with E-state index in [1.54, 1.807) is 6.92 Å². The van der Waals surface area contributed by atoms with E-state index in [0.29, 0.717) is 35.5 Å². The zero-order chi connectivity index (χ0) is 17.5. The largest absolute Gasteiger partial charge is 0.416 e. The number of alkyl halides is 3. The molecular weight excluding hydrogens is 345 g/mol. The number of sulfonamides is 1. The molecule has 0 radical (unpaired) electrons. The Morgan fingerprint density at radius 3 is 2.50 bits per heavy atom. The molecule has 0 N–H and O–H groups in total. The van der Waals surface area contributed by atoms with Crippen LogP contribution < -0.4 is 0 Å². The number of hydrogen-bond acceptors (Lipinski definition) is 4. The van der Waals surface area contributed by atoms with Crippen molar-refractivity contribution in [2.24, 2.45) is 0 Å². The van der Waals surface area contributed by atoms with Crippen molar-refractivity contribution in [2.75, 3.05) is 12.3 Å². The van der Waals surface area contributed by atoms with Gasteiger partial charge in [0, 0.05) is 30.6 Å². The average Bonchev–Trinajstić information content (AvgIpc) is 2.97. The Balaban J connectivity index is 1.94. The highest BCUT2D eigenvalue weighted by atomic mass is 32.2. The number of hydrogen-bond donors (Lipinski definition) is 0. The number of fused-ring (bicyclic) bond motifs is 1. The van der Waals surface area contributed by atoms with E-state index in [-0.39, 0.29) is 12.3 Å². The first kappa shape index (κ1) is 17.0. The van der Waals surface area contributed by atoms with Crippen LogP contribution in [0.15, 0.2) is 28.8 Å². The fourth-order valence-corrected chi connectivity index (χ4v) is 3.71. The van der Waals surface area contributed by atoms with Crippen molar-refractivity contribution < 1.29 is 26.1 Å². The first-order chi connectivity index (χ1) is 11.2. The molecule has 0 amide bonds. The summed E-state index contributed by atoms with van der Waals surface area (Å²) in [4.78, 5) is 0. The third kappa shape index (κ3) is 3.05. The lowest BCUT2D eigenvalue weighted by Gasteiger charge is -2.24. The molecule has 0 unspecified atom stereocenters. The summed E-state index contributed by atoms with van der Waals surface area (Å²) in [6, 6.07) is 4.57. The molecule has 130 valence electrons. The van der Waals surface area contributed by atoms with Gasteiger partial charge in [-0.3, -0.25) is 0 Å². The minimum Gasteiger partial charge on any atom is -0.360 e. The quantitative estimate of drug-likeness (QED) is 0.844. The van der Waals surface area contributed by atoms with Gasteiger partial charge in [-0.25, -0.2) is 8.42 Å². The summed E-state index contributed by atoms with van der Waals surface area (Å²) in [6.07, 6.45) is -4.02. The van der Waals surface area contributed by atoms with Gasteiger partial charge in [-0.05, 0) is 19.1 Å². The maximum Gasteiger partial charge on any atom is 0.416 e. The number of rotatable bonds is 3. The average molecular weight is 360 g/mol. The van der Waals surface area contributed by atoms with Gasteiger partial charge in [-0.15, -0.1) is 0 Å². The van der Waals surface area contributed by atoms with Crippen LogP contribution in [0.2, 0.25) is 0 Å². The third-order valence-electron chi connectivity index (χ3n) is 4.04. The molecule has 0 bridgehead atoms. The molecule has 3 rings (SSSR count). The Kier molecular flexibility index (Phi) is 4.16. The summed E-state index contributed by atoms with van der Waals surface area (Å²) in [5.41, 5.74) is 0.704. The minimum atomic E-state index is -4.41. The summed E-state index contributed by atoms with van der Waals surface area (Å²) < 4.78 is 68.6. The Morgan fingerprint density at radius 1 is 1.25 bits per heavy atom. The highest BCUT2D eigenvalue weighted by molar-refractivity contribution is 7.89. The monoisotopic (exact) mass is 360 g/mol. The van der Waals surface area contributed by atoms with E-state index in [4.69, 9.17) is 4.52 Å². The lowest BCUT2D eigenvalue weighted by molar-refractivity contribution is -0.137. The summed E-state index contributed by atoms with van der Waals surface area (Å²) in [6.45, 7) is 1.99. The SMILES string of the molecule is CCS(=O)(=O)N1CCc2onc(-c3ccc(C(F)(F)F)cc3)c2C1. The first-order valence-electron chi connectivity index (χ1n) is 7.35. The lowest BCUT2D eigenvalue weighted by atomic mass is 10.0. The topological polar surface area (TPSA) is 63.4 Å². The van der Waals surface area contributed by atoms with Gasteiger partial charge in [0.15, 0.2) is 0 Å². The van der Waals surface area contributed by atoms with Crippen LogP contribution in [0, 0.1) is 0 Å². The van der Waals surface area contributed by atoms with Crippen LogP contribution in [0.25, 0.3) is 11.3 Å². The minimum absolute atomic E-state index is 0.0107. The molecule has 0 atom stereocenters. The summed E-state index contributed by atoms with van der Waals surface area (Å²) >= 11 is 0. The van der Waals surface area contributed by atoms with E-state index in [1.807, 2.05) is 0 Å². The predicted octanol–water partition coefficient (Wildman–Crippen LogP) is 3.07. The van der Waals surface area contributed by atoms with Crippen LogP contribution in [0.1, 0.15) is 23.8 Å². The van der Waals surface area contributed by atoms with Crippen LogP contribution in [0.3, 0.4) is 0 Å². The van der Waals surface area contributed by atoms with Crippen LogP contribution >= 0.6 is 0 Å². The molecule has 0 spiro atoms. The van der Waals surface area contributed by atoms with Gasteiger partial charge >= 0.3 is 6.18 Å². The van der Waals surface area contributed by atoms with Gasteiger partial charge in [0.05, 0.1) is 11.3 Å². The number of aromatic nitrogens is 1. The molecule has 1 aromatic heterocycles. The second-order valence-corrected chi connectivity index (χ2v) is 7.75. The number of benzene rings is 1. The third-order valence-corrected chi connectivity index (χ3v) is 5.86. The van der Waals surface area contributed by atoms with E-state index >= 15 is 0 Å². The molecule has 1 aromatic carbocycles. The molecule has 0 fully saturated rings. The highest BCUT2D eigenvalue weighted by Crippen LogP contribution is 2.34. The predicted molar refractivity (Wildman–Crippen MR) is 80.5 cm³/mol. The fraction of sp³-hybridized carbons (Fsp3) is 0.400. The van der Waals surface area contributed by atoms with Crippen molar-refractivity contribution in [3.63, 3.8) is 0 Å². The van der Waals surface area contributed by atoms with E-state index in [1.165, 1.54) is 16.4 Å². The first-order valence-corrected chi connectivity index (χ1v) is 8.96. The zero-order valence-electron chi connectivity index (χ0n) is 12.8. The van der Waals surface area contributed by atoms with E-state index < -0.39 is 21.8 Å². The summed E-state index contributed by atoms with van der Waals surface area (Å²) in [7, 11) is -3.35. The number of halogens is 3. The van der Waals surface area contributed by atoms with Crippen molar-refractivity contribution in [1.82, 2.24) is 9.46 Å². The molecule has 24 heavy (non-hydrogen) atoms. The molecule has 5 nitrogen and oxygen atoms in total. The van der Waals surface area contributed by atoms with Gasteiger partial charge in [0.25, 0.3) is 0 Å². The van der Waals surface area contributed by atoms with Gasteiger partial charge < -0.3 is 4.52 Å². The highest BCUT2D eigenvalue weighted by Gasteiger charge is 2.32. The Morgan fingerprint density at radius 2 is 1.92 bits per heavy atom. The molecule has 9 heteroatoms. The van der Waals surface area contributed by atoms with Crippen LogP contribution in [0.4, 0.5) is 13.2 Å². The van der Waals surface area contributed by atoms with Crippen LogP contribution in [-0.2, 0) is 29.2 Å². The van der Waals surface area contributed by atoms with E-state index in [0.717, 1.165) is 12.1 Å². The van der Waals surface area contributed by atoms with Gasteiger partial charge in [0.2, 0.25) is 10.0 Å². The van der Waals surface area contributed by atoms with E-state index in [9.17, 15) is 21.6 Å². The van der Waals surface area contributed by atoms with Crippen molar-refractivity contribution in [2.45, 2.75) is 26.1 Å². The molecule has 0 saturated carbocycles. The number of nitrogens with zero attached hydrogens (tertiary/aromatic N) is 2. The molecule has 1 aliphatic rings. The van der Waals surface area contributed by atoms with Crippen molar-refractivity contribution in [3.05, 3.63) is 41.2 Å². The second kappa shape index (κ2) is 5.89. The Labute approximate surface area is 137 Å². The lowest BCUT2D eigenvalue weighted by Crippen LogP contribution is -2.36. The van der Waals surface area contributed by atoms with Crippen LogP contribution in [0.5, 0.6) is 0 Å². The smallest absolute Gasteiger partial charge is 0.360 e. The van der Waals surface area contributed by atoms with Crippen molar-refractivity contribution in [3.8, 4) is 11.3 Å². The fourth-order valence-electron chi connectivity index (χ4n) is 2.65. The maximum absolute atomic E-state index is 12.6. The zero-order valence-corrected chi connectivity index (χ0v) is 13.6. The Hall–Kier alpha value is -1.87. The Bertz CT molecular complexity index is 842. The molecule has 0 aliphatic carbocycles. The summed E-state index contributed by atoms with van der Waals surface area (Å²) in [5, 5.41) is 3.92. The van der Waals surface area contributed by atoms with Crippen LogP contribution in [-0.4, -0.2) is 30.2 Å². The van der Waals surface area contributed by atoms with Gasteiger partial charge in [0.1, 0.15) is 11.5 Å². The van der Waals surface area contributed by atoms with E-state index in [2.05, 4.69) is 5.16 Å². The van der Waals surface area contributed by atoms with Gasteiger partial charge in [-0.1, -0.05) is 17.3 Å². The van der Waals surface area contributed by atoms with Crippen molar-refractivity contribution >= 4 is 10.0 Å². The molecule has 1 aliphatic heterocycles. The van der Waals surface area contributed by atoms with Crippen molar-refractivity contribution in [1.29, 1.82) is 0 Å². The molecular formula is C15H15F3N2O3S. The second-order valence-electron chi connectivity index (χ2n) is 5.49. The van der Waals surface area contributed by atoms with Gasteiger partial charge in [-0.2, -0.15) is 17.5 Å². The normalized spacial score (nSPS) is 16.2. The standard InChI is InChI=1S/C15H15F3N2O3S/c1-2-24(21,22)20-8-7-13-12(9-20)14(19-23-13)10-3-5-11(6-4-10)15(16,17)18/h3-6H,2,7-9H2,1H3.